The Morgan fingerprint density at radius 1 is 1.17 bits per heavy atom. The van der Waals surface area contributed by atoms with E-state index in [-0.39, 0.29) is 17.5 Å². The van der Waals surface area contributed by atoms with Crippen LogP contribution in [-0.4, -0.2) is 33.0 Å². The summed E-state index contributed by atoms with van der Waals surface area (Å²) < 4.78 is 20.7. The highest BCUT2D eigenvalue weighted by Crippen LogP contribution is 2.41. The molecule has 1 N–H and O–H groups in total. The minimum Gasteiger partial charge on any atom is -0.494 e. The minimum absolute atomic E-state index is 0.118. The molecule has 1 heterocycles. The van der Waals surface area contributed by atoms with Gasteiger partial charge in [0, 0.05) is 17.3 Å². The summed E-state index contributed by atoms with van der Waals surface area (Å²) in [6.07, 6.45) is 2.11. The Kier molecular flexibility index (Phi) is 5.80. The fraction of sp³-hybridized carbons (Fsp3) is 0.286. The third-order valence-electron chi connectivity index (χ3n) is 4.46. The number of hydrogen-bond acceptors (Lipinski definition) is 5. The van der Waals surface area contributed by atoms with Crippen molar-refractivity contribution >= 4 is 23.4 Å². The lowest BCUT2D eigenvalue weighted by Gasteiger charge is -2.09. The van der Waals surface area contributed by atoms with Crippen LogP contribution in [0.5, 0.6) is 5.75 Å². The SMILES string of the molecule is CCOc1ccc(NC(=O)CSc2nnc(-c3ccc(F)cc3)n2C2CC2)cc1. The highest BCUT2D eigenvalue weighted by molar-refractivity contribution is 7.99. The number of halogens is 1. The van der Waals surface area contributed by atoms with Crippen LogP contribution in [0.25, 0.3) is 11.4 Å². The second kappa shape index (κ2) is 8.65. The lowest BCUT2D eigenvalue weighted by Crippen LogP contribution is -2.14. The number of rotatable bonds is 8. The molecule has 1 saturated carbocycles. The number of hydrogen-bond donors (Lipinski definition) is 1. The normalized spacial score (nSPS) is 13.3. The van der Waals surface area contributed by atoms with Crippen LogP contribution in [0.2, 0.25) is 0 Å². The zero-order valence-corrected chi connectivity index (χ0v) is 16.8. The number of anilines is 1. The number of carbonyl (C=O) groups excluding carboxylic acids is 1. The third kappa shape index (κ3) is 4.76. The smallest absolute Gasteiger partial charge is 0.234 e. The van der Waals surface area contributed by atoms with Gasteiger partial charge in [0.2, 0.25) is 5.91 Å². The van der Waals surface area contributed by atoms with Gasteiger partial charge in [-0.3, -0.25) is 9.36 Å². The summed E-state index contributed by atoms with van der Waals surface area (Å²) in [5.41, 5.74) is 1.53. The number of amides is 1. The predicted molar refractivity (Wildman–Crippen MR) is 111 cm³/mol. The molecule has 1 aliphatic carbocycles. The monoisotopic (exact) mass is 412 g/mol. The molecule has 0 aliphatic heterocycles. The van der Waals surface area contributed by atoms with Crippen molar-refractivity contribution < 1.29 is 13.9 Å². The molecule has 29 heavy (non-hydrogen) atoms. The van der Waals surface area contributed by atoms with Crippen molar-refractivity contribution in [3.8, 4) is 17.1 Å². The maximum Gasteiger partial charge on any atom is 0.234 e. The minimum atomic E-state index is -0.285. The van der Waals surface area contributed by atoms with E-state index < -0.39 is 0 Å². The topological polar surface area (TPSA) is 69.0 Å². The Labute approximate surface area is 172 Å². The lowest BCUT2D eigenvalue weighted by molar-refractivity contribution is -0.113. The highest BCUT2D eigenvalue weighted by atomic mass is 32.2. The van der Waals surface area contributed by atoms with Gasteiger partial charge in [-0.2, -0.15) is 0 Å². The number of aromatic nitrogens is 3. The van der Waals surface area contributed by atoms with Gasteiger partial charge in [-0.05, 0) is 68.3 Å². The molecule has 0 spiro atoms. The van der Waals surface area contributed by atoms with Gasteiger partial charge < -0.3 is 10.1 Å². The highest BCUT2D eigenvalue weighted by Gasteiger charge is 2.30. The molecule has 1 fully saturated rings. The Bertz CT molecular complexity index is 985. The number of thioether (sulfide) groups is 1. The van der Waals surface area contributed by atoms with Crippen LogP contribution in [0, 0.1) is 5.82 Å². The number of benzene rings is 2. The zero-order valence-electron chi connectivity index (χ0n) is 16.0. The summed E-state index contributed by atoms with van der Waals surface area (Å²) in [6.45, 7) is 2.53. The van der Waals surface area contributed by atoms with Gasteiger partial charge in [0.15, 0.2) is 11.0 Å². The first-order chi connectivity index (χ1) is 14.1. The van der Waals surface area contributed by atoms with Crippen molar-refractivity contribution in [2.75, 3.05) is 17.7 Å². The number of nitrogens with zero attached hydrogens (tertiary/aromatic N) is 3. The molecular formula is C21H21FN4O2S. The van der Waals surface area contributed by atoms with Gasteiger partial charge in [0.1, 0.15) is 11.6 Å². The van der Waals surface area contributed by atoms with Gasteiger partial charge in [-0.25, -0.2) is 4.39 Å². The Morgan fingerprint density at radius 2 is 1.90 bits per heavy atom. The average Bonchev–Trinajstić information content (AvgIpc) is 3.48. The van der Waals surface area contributed by atoms with E-state index in [1.54, 1.807) is 12.1 Å². The molecular weight excluding hydrogens is 391 g/mol. The number of nitrogens with one attached hydrogen (secondary N) is 1. The average molecular weight is 412 g/mol. The van der Waals surface area contributed by atoms with E-state index in [4.69, 9.17) is 4.74 Å². The van der Waals surface area contributed by atoms with E-state index in [9.17, 15) is 9.18 Å². The van der Waals surface area contributed by atoms with Gasteiger partial charge in [0.25, 0.3) is 0 Å². The quantitative estimate of drug-likeness (QED) is 0.550. The molecule has 2 aromatic carbocycles. The van der Waals surface area contributed by atoms with Crippen molar-refractivity contribution in [2.24, 2.45) is 0 Å². The number of carbonyl (C=O) groups is 1. The molecule has 0 saturated heterocycles. The van der Waals surface area contributed by atoms with Crippen LogP contribution in [-0.2, 0) is 4.79 Å². The summed E-state index contributed by atoms with van der Waals surface area (Å²) in [4.78, 5) is 12.3. The van der Waals surface area contributed by atoms with Crippen LogP contribution < -0.4 is 10.1 Å². The second-order valence-electron chi connectivity index (χ2n) is 6.71. The Balaban J connectivity index is 1.41. The van der Waals surface area contributed by atoms with E-state index in [1.165, 1.54) is 23.9 Å². The molecule has 3 aromatic rings. The van der Waals surface area contributed by atoms with Gasteiger partial charge in [-0.1, -0.05) is 11.8 Å². The summed E-state index contributed by atoms with van der Waals surface area (Å²) in [5, 5.41) is 12.1. The summed E-state index contributed by atoms with van der Waals surface area (Å²) >= 11 is 1.35. The molecule has 150 valence electrons. The lowest BCUT2D eigenvalue weighted by atomic mass is 10.2. The molecule has 0 unspecified atom stereocenters. The first-order valence-electron chi connectivity index (χ1n) is 9.50. The zero-order chi connectivity index (χ0) is 20.2. The molecule has 1 aliphatic rings. The van der Waals surface area contributed by atoms with Gasteiger partial charge >= 0.3 is 0 Å². The Morgan fingerprint density at radius 3 is 2.55 bits per heavy atom. The van der Waals surface area contributed by atoms with E-state index in [0.29, 0.717) is 23.6 Å². The first-order valence-corrected chi connectivity index (χ1v) is 10.5. The van der Waals surface area contributed by atoms with Crippen LogP contribution in [0.3, 0.4) is 0 Å². The maximum absolute atomic E-state index is 13.2. The molecule has 4 rings (SSSR count). The van der Waals surface area contributed by atoms with Crippen molar-refractivity contribution in [1.29, 1.82) is 0 Å². The van der Waals surface area contributed by atoms with Crippen molar-refractivity contribution in [3.05, 3.63) is 54.3 Å². The molecule has 1 amide bonds. The molecule has 6 nitrogen and oxygen atoms in total. The van der Waals surface area contributed by atoms with E-state index in [2.05, 4.69) is 20.1 Å². The predicted octanol–water partition coefficient (Wildman–Crippen LogP) is 4.55. The fourth-order valence-electron chi connectivity index (χ4n) is 2.96. The van der Waals surface area contributed by atoms with Crippen LogP contribution in [0.4, 0.5) is 10.1 Å². The molecule has 0 radical (unpaired) electrons. The second-order valence-corrected chi connectivity index (χ2v) is 7.65. The van der Waals surface area contributed by atoms with Gasteiger partial charge in [0.05, 0.1) is 12.4 Å². The fourth-order valence-corrected chi connectivity index (χ4v) is 3.77. The standard InChI is InChI=1S/C21H21FN4O2S/c1-2-28-18-11-7-16(8-12-18)23-19(27)13-29-21-25-24-20(26(21)17-9-10-17)14-3-5-15(22)6-4-14/h3-8,11-12,17H,2,9-10,13H2,1H3,(H,23,27). The molecule has 1 aromatic heterocycles. The Hall–Kier alpha value is -2.87. The van der Waals surface area contributed by atoms with Gasteiger partial charge in [-0.15, -0.1) is 10.2 Å². The third-order valence-corrected chi connectivity index (χ3v) is 5.40. The molecule has 0 atom stereocenters. The van der Waals surface area contributed by atoms with Crippen LogP contribution in [0.15, 0.2) is 53.7 Å². The first kappa shape index (κ1) is 19.4. The number of ether oxygens (including phenoxy) is 1. The van der Waals surface area contributed by atoms with Crippen molar-refractivity contribution in [1.82, 2.24) is 14.8 Å². The van der Waals surface area contributed by atoms with Crippen LogP contribution in [0.1, 0.15) is 25.8 Å². The van der Waals surface area contributed by atoms with Crippen molar-refractivity contribution in [2.45, 2.75) is 31.0 Å². The summed E-state index contributed by atoms with van der Waals surface area (Å²) in [5.74, 6) is 1.30. The summed E-state index contributed by atoms with van der Waals surface area (Å²) in [6, 6.07) is 13.8. The van der Waals surface area contributed by atoms with Crippen LogP contribution >= 0.6 is 11.8 Å². The van der Waals surface area contributed by atoms with E-state index in [0.717, 1.165) is 29.8 Å². The molecule has 0 bridgehead atoms. The molecule has 8 heteroatoms. The maximum atomic E-state index is 13.2. The van der Waals surface area contributed by atoms with E-state index in [1.807, 2.05) is 31.2 Å². The summed E-state index contributed by atoms with van der Waals surface area (Å²) in [7, 11) is 0. The largest absolute Gasteiger partial charge is 0.494 e. The van der Waals surface area contributed by atoms with E-state index >= 15 is 0 Å². The van der Waals surface area contributed by atoms with Crippen molar-refractivity contribution in [3.63, 3.8) is 0 Å².